The third-order valence-corrected chi connectivity index (χ3v) is 4.35. The van der Waals surface area contributed by atoms with E-state index in [0.717, 1.165) is 5.69 Å². The molecular formula is C13H13Cl2NS. The molecule has 1 unspecified atom stereocenters. The van der Waals surface area contributed by atoms with E-state index >= 15 is 0 Å². The van der Waals surface area contributed by atoms with E-state index in [1.54, 1.807) is 17.4 Å². The van der Waals surface area contributed by atoms with Crippen molar-refractivity contribution in [3.05, 3.63) is 50.1 Å². The molecule has 1 N–H and O–H groups in total. The lowest BCUT2D eigenvalue weighted by Crippen LogP contribution is -2.06. The first-order valence-electron chi connectivity index (χ1n) is 5.33. The van der Waals surface area contributed by atoms with Crippen LogP contribution in [0.15, 0.2) is 29.6 Å². The topological polar surface area (TPSA) is 12.0 Å². The maximum absolute atomic E-state index is 6.13. The van der Waals surface area contributed by atoms with Gasteiger partial charge in [-0.25, -0.2) is 0 Å². The van der Waals surface area contributed by atoms with E-state index in [1.165, 1.54) is 10.4 Å². The number of thiophene rings is 1. The molecule has 1 aromatic carbocycles. The van der Waals surface area contributed by atoms with Crippen molar-refractivity contribution >= 4 is 40.2 Å². The minimum absolute atomic E-state index is 0.244. The Hall–Kier alpha value is -0.700. The zero-order chi connectivity index (χ0) is 12.4. The number of anilines is 1. The smallest absolute Gasteiger partial charge is 0.0652 e. The normalized spacial score (nSPS) is 12.5. The molecule has 1 atom stereocenters. The molecule has 1 nitrogen and oxygen atoms in total. The molecule has 2 rings (SSSR count). The van der Waals surface area contributed by atoms with Crippen molar-refractivity contribution in [1.29, 1.82) is 0 Å². The Morgan fingerprint density at radius 1 is 1.24 bits per heavy atom. The van der Waals surface area contributed by atoms with E-state index in [2.05, 4.69) is 30.6 Å². The average molecular weight is 286 g/mol. The molecule has 1 aromatic heterocycles. The Labute approximate surface area is 115 Å². The van der Waals surface area contributed by atoms with E-state index in [4.69, 9.17) is 23.2 Å². The SMILES string of the molecule is Cc1ccsc1C(C)Nc1ccc(Cl)cc1Cl. The monoisotopic (exact) mass is 285 g/mol. The molecule has 90 valence electrons. The van der Waals surface area contributed by atoms with Gasteiger partial charge in [0.2, 0.25) is 0 Å². The number of hydrogen-bond donors (Lipinski definition) is 1. The molecule has 1 heterocycles. The quantitative estimate of drug-likeness (QED) is 0.781. The predicted octanol–water partition coefficient (Wildman–Crippen LogP) is 5.54. The minimum atomic E-state index is 0.244. The predicted molar refractivity (Wildman–Crippen MR) is 77.6 cm³/mol. The molecule has 0 aliphatic carbocycles. The molecule has 0 saturated carbocycles. The number of hydrogen-bond acceptors (Lipinski definition) is 2. The summed E-state index contributed by atoms with van der Waals surface area (Å²) in [5.41, 5.74) is 2.22. The summed E-state index contributed by atoms with van der Waals surface area (Å²) < 4.78 is 0. The fraction of sp³-hybridized carbons (Fsp3) is 0.231. The van der Waals surface area contributed by atoms with Crippen LogP contribution in [-0.4, -0.2) is 0 Å². The zero-order valence-electron chi connectivity index (χ0n) is 9.63. The summed E-state index contributed by atoms with van der Waals surface area (Å²) in [6.45, 7) is 4.25. The van der Waals surface area contributed by atoms with Gasteiger partial charge in [0.1, 0.15) is 0 Å². The van der Waals surface area contributed by atoms with E-state index in [9.17, 15) is 0 Å². The van der Waals surface area contributed by atoms with Gasteiger partial charge in [-0.2, -0.15) is 0 Å². The summed E-state index contributed by atoms with van der Waals surface area (Å²) >= 11 is 13.8. The fourth-order valence-electron chi connectivity index (χ4n) is 1.73. The van der Waals surface area contributed by atoms with Crippen LogP contribution < -0.4 is 5.32 Å². The average Bonchev–Trinajstić information content (AvgIpc) is 2.68. The van der Waals surface area contributed by atoms with Crippen LogP contribution >= 0.6 is 34.5 Å². The van der Waals surface area contributed by atoms with Crippen LogP contribution in [-0.2, 0) is 0 Å². The first-order chi connectivity index (χ1) is 8.08. The van der Waals surface area contributed by atoms with Gasteiger partial charge in [-0.05, 0) is 49.1 Å². The zero-order valence-corrected chi connectivity index (χ0v) is 12.0. The molecule has 0 amide bonds. The van der Waals surface area contributed by atoms with Crippen molar-refractivity contribution in [2.45, 2.75) is 19.9 Å². The summed E-state index contributed by atoms with van der Waals surface area (Å²) in [6, 6.07) is 7.86. The number of benzene rings is 1. The van der Waals surface area contributed by atoms with Crippen LogP contribution in [0.1, 0.15) is 23.4 Å². The molecule has 2 aromatic rings. The van der Waals surface area contributed by atoms with Crippen LogP contribution in [0, 0.1) is 6.92 Å². The number of nitrogens with one attached hydrogen (secondary N) is 1. The Bertz CT molecular complexity index is 522. The van der Waals surface area contributed by atoms with Crippen LogP contribution in [0.25, 0.3) is 0 Å². The number of halogens is 2. The van der Waals surface area contributed by atoms with Gasteiger partial charge in [0.25, 0.3) is 0 Å². The van der Waals surface area contributed by atoms with Crippen molar-refractivity contribution in [2.75, 3.05) is 5.32 Å². The van der Waals surface area contributed by atoms with Gasteiger partial charge < -0.3 is 5.32 Å². The highest BCUT2D eigenvalue weighted by molar-refractivity contribution is 7.10. The van der Waals surface area contributed by atoms with E-state index in [0.29, 0.717) is 10.0 Å². The van der Waals surface area contributed by atoms with Crippen LogP contribution in [0.3, 0.4) is 0 Å². The van der Waals surface area contributed by atoms with Gasteiger partial charge >= 0.3 is 0 Å². The molecule has 0 spiro atoms. The van der Waals surface area contributed by atoms with Crippen LogP contribution in [0.4, 0.5) is 5.69 Å². The van der Waals surface area contributed by atoms with Gasteiger partial charge in [-0.1, -0.05) is 23.2 Å². The highest BCUT2D eigenvalue weighted by Gasteiger charge is 2.11. The van der Waals surface area contributed by atoms with Gasteiger partial charge in [0.15, 0.2) is 0 Å². The molecule has 0 aliphatic rings. The largest absolute Gasteiger partial charge is 0.376 e. The second-order valence-corrected chi connectivity index (χ2v) is 5.75. The van der Waals surface area contributed by atoms with Crippen LogP contribution in [0.2, 0.25) is 10.0 Å². The molecule has 0 bridgehead atoms. The lowest BCUT2D eigenvalue weighted by Gasteiger charge is -2.16. The molecule has 0 radical (unpaired) electrons. The Kier molecular flexibility index (Phi) is 3.97. The summed E-state index contributed by atoms with van der Waals surface area (Å²) in [5.74, 6) is 0. The first-order valence-corrected chi connectivity index (χ1v) is 6.97. The van der Waals surface area contributed by atoms with Gasteiger partial charge in [0, 0.05) is 9.90 Å². The standard InChI is InChI=1S/C13H13Cl2NS/c1-8-5-6-17-13(8)9(2)16-12-4-3-10(14)7-11(12)15/h3-7,9,16H,1-2H3. The highest BCUT2D eigenvalue weighted by Crippen LogP contribution is 2.31. The molecule has 0 saturated heterocycles. The summed E-state index contributed by atoms with van der Waals surface area (Å²) in [7, 11) is 0. The van der Waals surface area contributed by atoms with Crippen molar-refractivity contribution in [1.82, 2.24) is 0 Å². The second kappa shape index (κ2) is 5.30. The van der Waals surface area contributed by atoms with Gasteiger partial charge in [-0.3, -0.25) is 0 Å². The van der Waals surface area contributed by atoms with Crippen molar-refractivity contribution in [3.8, 4) is 0 Å². The molecular weight excluding hydrogens is 273 g/mol. The minimum Gasteiger partial charge on any atom is -0.376 e. The third-order valence-electron chi connectivity index (χ3n) is 2.60. The summed E-state index contributed by atoms with van der Waals surface area (Å²) in [4.78, 5) is 1.33. The van der Waals surface area contributed by atoms with E-state index in [-0.39, 0.29) is 6.04 Å². The molecule has 4 heteroatoms. The van der Waals surface area contributed by atoms with Gasteiger partial charge in [0.05, 0.1) is 16.8 Å². The van der Waals surface area contributed by atoms with Crippen molar-refractivity contribution < 1.29 is 0 Å². The van der Waals surface area contributed by atoms with Crippen molar-refractivity contribution in [3.63, 3.8) is 0 Å². The van der Waals surface area contributed by atoms with Gasteiger partial charge in [-0.15, -0.1) is 11.3 Å². The fourth-order valence-corrected chi connectivity index (χ4v) is 3.13. The van der Waals surface area contributed by atoms with Crippen LogP contribution in [0.5, 0.6) is 0 Å². The Balaban J connectivity index is 2.19. The maximum Gasteiger partial charge on any atom is 0.0652 e. The Morgan fingerprint density at radius 3 is 2.59 bits per heavy atom. The lowest BCUT2D eigenvalue weighted by atomic mass is 10.2. The van der Waals surface area contributed by atoms with Crippen molar-refractivity contribution in [2.24, 2.45) is 0 Å². The first kappa shape index (κ1) is 12.7. The Morgan fingerprint density at radius 2 is 2.00 bits per heavy atom. The van der Waals surface area contributed by atoms with E-state index < -0.39 is 0 Å². The number of aryl methyl sites for hydroxylation is 1. The maximum atomic E-state index is 6.13. The summed E-state index contributed by atoms with van der Waals surface area (Å²) in [5, 5.41) is 6.81. The second-order valence-electron chi connectivity index (χ2n) is 3.96. The van der Waals surface area contributed by atoms with E-state index in [1.807, 2.05) is 12.1 Å². The molecule has 0 aliphatic heterocycles. The highest BCUT2D eigenvalue weighted by atomic mass is 35.5. The molecule has 17 heavy (non-hydrogen) atoms. The third kappa shape index (κ3) is 2.95. The number of rotatable bonds is 3. The summed E-state index contributed by atoms with van der Waals surface area (Å²) in [6.07, 6.45) is 0. The lowest BCUT2D eigenvalue weighted by molar-refractivity contribution is 0.899. The molecule has 0 fully saturated rings.